The number of nitrogens with one attached hydrogen (secondary N) is 1. The van der Waals surface area contributed by atoms with Gasteiger partial charge in [-0.3, -0.25) is 4.21 Å². The van der Waals surface area contributed by atoms with Crippen LogP contribution in [0, 0.1) is 0 Å². The van der Waals surface area contributed by atoms with Crippen LogP contribution in [-0.2, 0) is 16.6 Å². The molecule has 0 aliphatic carbocycles. The first-order valence-electron chi connectivity index (χ1n) is 5.43. The van der Waals surface area contributed by atoms with Gasteiger partial charge in [-0.1, -0.05) is 30.3 Å². The van der Waals surface area contributed by atoms with Crippen molar-refractivity contribution in [2.75, 3.05) is 19.4 Å². The van der Waals surface area contributed by atoms with Crippen LogP contribution in [0.1, 0.15) is 12.0 Å². The summed E-state index contributed by atoms with van der Waals surface area (Å²) in [5.41, 5.74) is 1.10. The monoisotopic (exact) mass is 241 g/mol. The molecule has 3 nitrogen and oxygen atoms in total. The fraction of sp³-hybridized carbons (Fsp3) is 0.500. The van der Waals surface area contributed by atoms with Crippen LogP contribution < -0.4 is 5.32 Å². The standard InChI is InChI=1S/C12H19NO2S/c1-13-12(7-8-14)10-16(15)9-11-5-3-2-4-6-11/h2-6,12-14H,7-10H2,1H3. The molecular formula is C12H19NO2S. The minimum atomic E-state index is -0.876. The zero-order valence-corrected chi connectivity index (χ0v) is 10.4. The average molecular weight is 241 g/mol. The summed E-state index contributed by atoms with van der Waals surface area (Å²) in [7, 11) is 0.957. The van der Waals surface area contributed by atoms with Gasteiger partial charge in [0.1, 0.15) is 0 Å². The predicted molar refractivity (Wildman–Crippen MR) is 67.7 cm³/mol. The van der Waals surface area contributed by atoms with Crippen LogP contribution in [0.15, 0.2) is 30.3 Å². The van der Waals surface area contributed by atoms with Crippen LogP contribution in [0.3, 0.4) is 0 Å². The summed E-state index contributed by atoms with van der Waals surface area (Å²) in [6.45, 7) is 0.133. The van der Waals surface area contributed by atoms with Gasteiger partial charge in [-0.15, -0.1) is 0 Å². The molecule has 2 atom stereocenters. The molecule has 1 rings (SSSR count). The normalized spacial score (nSPS) is 14.6. The Balaban J connectivity index is 2.41. The Bertz CT molecular complexity index is 316. The molecule has 1 aromatic rings. The molecule has 1 aromatic carbocycles. The van der Waals surface area contributed by atoms with Gasteiger partial charge in [-0.05, 0) is 19.0 Å². The maximum atomic E-state index is 11.8. The van der Waals surface area contributed by atoms with Crippen LogP contribution in [0.5, 0.6) is 0 Å². The van der Waals surface area contributed by atoms with Crippen molar-refractivity contribution >= 4 is 10.8 Å². The maximum absolute atomic E-state index is 11.8. The Morgan fingerprint density at radius 1 is 1.38 bits per heavy atom. The molecule has 2 N–H and O–H groups in total. The average Bonchev–Trinajstić information content (AvgIpc) is 2.29. The van der Waals surface area contributed by atoms with Crippen molar-refractivity contribution in [3.63, 3.8) is 0 Å². The highest BCUT2D eigenvalue weighted by Gasteiger charge is 2.10. The number of benzene rings is 1. The summed E-state index contributed by atoms with van der Waals surface area (Å²) >= 11 is 0. The zero-order chi connectivity index (χ0) is 11.8. The number of hydrogen-bond donors (Lipinski definition) is 2. The highest BCUT2D eigenvalue weighted by molar-refractivity contribution is 7.84. The summed E-state index contributed by atoms with van der Waals surface area (Å²) in [6, 6.07) is 9.96. The van der Waals surface area contributed by atoms with Crippen molar-refractivity contribution in [2.45, 2.75) is 18.2 Å². The Morgan fingerprint density at radius 3 is 2.62 bits per heavy atom. The van der Waals surface area contributed by atoms with E-state index in [0.29, 0.717) is 17.9 Å². The quantitative estimate of drug-likeness (QED) is 0.746. The topological polar surface area (TPSA) is 49.3 Å². The van der Waals surface area contributed by atoms with Gasteiger partial charge in [-0.2, -0.15) is 0 Å². The van der Waals surface area contributed by atoms with Gasteiger partial charge in [0.2, 0.25) is 0 Å². The molecule has 0 aliphatic rings. The Morgan fingerprint density at radius 2 is 2.06 bits per heavy atom. The lowest BCUT2D eigenvalue weighted by molar-refractivity contribution is 0.272. The Hall–Kier alpha value is -0.710. The first kappa shape index (κ1) is 13.4. The van der Waals surface area contributed by atoms with E-state index < -0.39 is 10.8 Å². The molecule has 0 amide bonds. The lowest BCUT2D eigenvalue weighted by Crippen LogP contribution is -2.32. The van der Waals surface area contributed by atoms with E-state index in [4.69, 9.17) is 5.11 Å². The lowest BCUT2D eigenvalue weighted by atomic mass is 10.2. The van der Waals surface area contributed by atoms with E-state index in [-0.39, 0.29) is 12.6 Å². The molecule has 90 valence electrons. The van der Waals surface area contributed by atoms with Crippen molar-refractivity contribution in [1.29, 1.82) is 0 Å². The second-order valence-electron chi connectivity index (χ2n) is 3.73. The minimum Gasteiger partial charge on any atom is -0.396 e. The van der Waals surface area contributed by atoms with Crippen molar-refractivity contribution in [3.8, 4) is 0 Å². The van der Waals surface area contributed by atoms with Crippen molar-refractivity contribution in [3.05, 3.63) is 35.9 Å². The van der Waals surface area contributed by atoms with Crippen molar-refractivity contribution in [2.24, 2.45) is 0 Å². The predicted octanol–water partition coefficient (Wildman–Crippen LogP) is 0.906. The SMILES string of the molecule is CNC(CCO)CS(=O)Cc1ccccc1. The molecule has 0 aliphatic heterocycles. The van der Waals surface area contributed by atoms with E-state index >= 15 is 0 Å². The summed E-state index contributed by atoms with van der Waals surface area (Å²) in [5, 5.41) is 11.9. The van der Waals surface area contributed by atoms with Crippen LogP contribution >= 0.6 is 0 Å². The number of aliphatic hydroxyl groups excluding tert-OH is 1. The molecule has 0 radical (unpaired) electrons. The first-order valence-corrected chi connectivity index (χ1v) is 6.92. The number of hydrogen-bond acceptors (Lipinski definition) is 3. The van der Waals surface area contributed by atoms with Crippen LogP contribution in [0.2, 0.25) is 0 Å². The van der Waals surface area contributed by atoms with Gasteiger partial charge in [-0.25, -0.2) is 0 Å². The lowest BCUT2D eigenvalue weighted by Gasteiger charge is -2.14. The summed E-state index contributed by atoms with van der Waals surface area (Å²) in [5.74, 6) is 1.18. The molecule has 0 heterocycles. The van der Waals surface area contributed by atoms with E-state index in [9.17, 15) is 4.21 Å². The summed E-state index contributed by atoms with van der Waals surface area (Å²) in [4.78, 5) is 0. The van der Waals surface area contributed by atoms with E-state index in [1.54, 1.807) is 0 Å². The number of aliphatic hydroxyl groups is 1. The molecule has 0 aromatic heterocycles. The summed E-state index contributed by atoms with van der Waals surface area (Å²) in [6.07, 6.45) is 0.650. The van der Waals surface area contributed by atoms with Crippen LogP contribution in [-0.4, -0.2) is 34.8 Å². The second-order valence-corrected chi connectivity index (χ2v) is 5.24. The second kappa shape index (κ2) is 7.54. The van der Waals surface area contributed by atoms with E-state index in [1.165, 1.54) is 0 Å². The van der Waals surface area contributed by atoms with Crippen molar-refractivity contribution in [1.82, 2.24) is 5.32 Å². The molecule has 0 fully saturated rings. The fourth-order valence-electron chi connectivity index (χ4n) is 1.51. The fourth-order valence-corrected chi connectivity index (χ4v) is 2.97. The van der Waals surface area contributed by atoms with Gasteiger partial charge < -0.3 is 10.4 Å². The first-order chi connectivity index (χ1) is 7.76. The molecule has 16 heavy (non-hydrogen) atoms. The Kier molecular flexibility index (Phi) is 6.30. The van der Waals surface area contributed by atoms with Gasteiger partial charge in [0.05, 0.1) is 0 Å². The molecule has 0 spiro atoms. The number of rotatable bonds is 7. The molecule has 0 saturated heterocycles. The maximum Gasteiger partial charge on any atom is 0.0486 e. The van der Waals surface area contributed by atoms with Crippen LogP contribution in [0.25, 0.3) is 0 Å². The van der Waals surface area contributed by atoms with Gasteiger partial charge in [0, 0.05) is 35.0 Å². The molecule has 0 bridgehead atoms. The van der Waals surface area contributed by atoms with Gasteiger partial charge in [0.25, 0.3) is 0 Å². The third-order valence-corrected chi connectivity index (χ3v) is 3.87. The third kappa shape index (κ3) is 4.88. The smallest absolute Gasteiger partial charge is 0.0486 e. The highest BCUT2D eigenvalue weighted by Crippen LogP contribution is 2.04. The minimum absolute atomic E-state index is 0.133. The van der Waals surface area contributed by atoms with E-state index in [1.807, 2.05) is 37.4 Å². The largest absolute Gasteiger partial charge is 0.396 e. The molecular weight excluding hydrogens is 222 g/mol. The summed E-state index contributed by atoms with van der Waals surface area (Å²) < 4.78 is 11.8. The van der Waals surface area contributed by atoms with Gasteiger partial charge >= 0.3 is 0 Å². The molecule has 4 heteroatoms. The van der Waals surface area contributed by atoms with Crippen molar-refractivity contribution < 1.29 is 9.32 Å². The van der Waals surface area contributed by atoms with E-state index in [0.717, 1.165) is 5.56 Å². The molecule has 2 unspecified atom stereocenters. The molecule has 0 saturated carbocycles. The van der Waals surface area contributed by atoms with Gasteiger partial charge in [0.15, 0.2) is 0 Å². The van der Waals surface area contributed by atoms with Crippen LogP contribution in [0.4, 0.5) is 0 Å². The Labute approximate surface area is 99.3 Å². The zero-order valence-electron chi connectivity index (χ0n) is 9.56. The highest BCUT2D eigenvalue weighted by atomic mass is 32.2. The third-order valence-electron chi connectivity index (χ3n) is 2.44. The van der Waals surface area contributed by atoms with E-state index in [2.05, 4.69) is 5.32 Å².